The van der Waals surface area contributed by atoms with Crippen LogP contribution in [0, 0.1) is 0 Å². The molecule has 4 nitrogen and oxygen atoms in total. The molecule has 2 heterocycles. The second-order valence-electron chi connectivity index (χ2n) is 5.39. The molecule has 1 N–H and O–H groups in total. The Morgan fingerprint density at radius 2 is 1.74 bits per heavy atom. The third kappa shape index (κ3) is 6.09. The standard InChI is InChI=1S/C12H21O2.C2H4O2.Hg/c1-3-11-7-5-9-12(14-11)8-4-6-10(2)13-12;1-2(3)4;/h10-11H,2-9H2,1H3;1H3,(H,3,4);/t10-,11-,12+;;/m1../s1. The first-order chi connectivity index (χ1) is 9.01. The fourth-order valence-electron chi connectivity index (χ4n) is 2.80. The molecule has 0 aromatic carbocycles. The van der Waals surface area contributed by atoms with Gasteiger partial charge in [-0.15, -0.1) is 0 Å². The predicted octanol–water partition coefficient (Wildman–Crippen LogP) is 3.29. The van der Waals surface area contributed by atoms with Gasteiger partial charge in [0.2, 0.25) is 0 Å². The molecule has 0 amide bonds. The van der Waals surface area contributed by atoms with Crippen molar-refractivity contribution in [1.29, 1.82) is 0 Å². The van der Waals surface area contributed by atoms with Crippen LogP contribution in [-0.2, 0) is 40.4 Å². The monoisotopic (exact) mass is 459 g/mol. The van der Waals surface area contributed by atoms with Gasteiger partial charge in [-0.3, -0.25) is 4.79 Å². The van der Waals surface area contributed by atoms with Gasteiger partial charge in [0.25, 0.3) is 5.97 Å². The van der Waals surface area contributed by atoms with Gasteiger partial charge in [0.05, 0.1) is 0 Å². The van der Waals surface area contributed by atoms with Gasteiger partial charge in [0.15, 0.2) is 0 Å². The Labute approximate surface area is 132 Å². The van der Waals surface area contributed by atoms with Crippen LogP contribution in [0.2, 0.25) is 3.93 Å². The van der Waals surface area contributed by atoms with Gasteiger partial charge in [-0.2, -0.15) is 0 Å². The molecule has 0 bridgehead atoms. The first-order valence-electron chi connectivity index (χ1n) is 7.35. The van der Waals surface area contributed by atoms with E-state index in [0.29, 0.717) is 12.2 Å². The molecule has 0 aliphatic carbocycles. The molecule has 0 aromatic heterocycles. The van der Waals surface area contributed by atoms with Gasteiger partial charge < -0.3 is 5.11 Å². The number of carboxylic acid groups (broad SMARTS) is 1. The molecule has 3 atom stereocenters. The molecule has 2 aliphatic rings. The molecule has 0 aromatic rings. The second-order valence-corrected chi connectivity index (χ2v) is 7.64. The van der Waals surface area contributed by atoms with E-state index in [9.17, 15) is 0 Å². The maximum atomic E-state index is 9.00. The summed E-state index contributed by atoms with van der Waals surface area (Å²) in [6.07, 6.45) is 9.48. The molecule has 2 saturated heterocycles. The van der Waals surface area contributed by atoms with E-state index in [4.69, 9.17) is 19.4 Å². The van der Waals surface area contributed by atoms with Crippen molar-refractivity contribution in [3.8, 4) is 0 Å². The number of carboxylic acids is 1. The SMILES string of the molecule is CC(=O)O.CC[C@@H]1CCC[C@]2(CCC[C@@H]([CH2][Hg])O2)O1. The van der Waals surface area contributed by atoms with E-state index in [2.05, 4.69) is 6.92 Å². The molecular weight excluding hydrogens is 433 g/mol. The Morgan fingerprint density at radius 3 is 2.21 bits per heavy atom. The third-order valence-electron chi connectivity index (χ3n) is 3.71. The van der Waals surface area contributed by atoms with Crippen molar-refractivity contribution in [2.45, 2.75) is 80.7 Å². The van der Waals surface area contributed by atoms with Gasteiger partial charge >= 0.3 is 109 Å². The van der Waals surface area contributed by atoms with Crippen LogP contribution in [0.1, 0.15) is 58.8 Å². The molecule has 107 valence electrons. The van der Waals surface area contributed by atoms with Crippen molar-refractivity contribution in [3.05, 3.63) is 0 Å². The Hall–Kier alpha value is 0.325. The number of carbonyl (C=O) groups is 1. The van der Waals surface area contributed by atoms with Crippen LogP contribution < -0.4 is 0 Å². The van der Waals surface area contributed by atoms with E-state index in [-0.39, 0.29) is 5.79 Å². The average Bonchev–Trinajstić information content (AvgIpc) is 2.38. The number of ether oxygens (including phenoxy) is 2. The van der Waals surface area contributed by atoms with Crippen LogP contribution in [0.15, 0.2) is 0 Å². The first-order valence-corrected chi connectivity index (χ1v) is 11.2. The summed E-state index contributed by atoms with van der Waals surface area (Å²) in [7, 11) is 0. The summed E-state index contributed by atoms with van der Waals surface area (Å²) in [6, 6.07) is 0. The number of hydrogen-bond donors (Lipinski definition) is 1. The van der Waals surface area contributed by atoms with Crippen molar-refractivity contribution < 1.29 is 45.5 Å². The van der Waals surface area contributed by atoms with Crippen molar-refractivity contribution in [1.82, 2.24) is 0 Å². The predicted molar refractivity (Wildman–Crippen MR) is 68.6 cm³/mol. The number of rotatable bonds is 2. The Kier molecular flexibility index (Phi) is 7.84. The van der Waals surface area contributed by atoms with Crippen LogP contribution in [0.3, 0.4) is 0 Å². The quantitative estimate of drug-likeness (QED) is 0.646. The Bertz CT molecular complexity index is 257. The minimum absolute atomic E-state index is 0.165. The van der Waals surface area contributed by atoms with Gasteiger partial charge in [-0.1, -0.05) is 0 Å². The third-order valence-corrected chi connectivity index (χ3v) is 6.21. The maximum absolute atomic E-state index is 9.00. The van der Waals surface area contributed by atoms with Crippen LogP contribution >= 0.6 is 0 Å². The molecule has 2 fully saturated rings. The summed E-state index contributed by atoms with van der Waals surface area (Å²) in [5.41, 5.74) is 0. The van der Waals surface area contributed by atoms with Crippen LogP contribution in [0.5, 0.6) is 0 Å². The molecule has 2 aliphatic heterocycles. The molecular formula is C14H25HgO4. The molecule has 0 saturated carbocycles. The van der Waals surface area contributed by atoms with E-state index in [1.54, 1.807) is 0 Å². The number of aliphatic carboxylic acids is 1. The zero-order chi connectivity index (χ0) is 14.3. The molecule has 0 radical (unpaired) electrons. The molecule has 2 rings (SSSR count). The fraction of sp³-hybridized carbons (Fsp3) is 0.929. The van der Waals surface area contributed by atoms with Gasteiger partial charge in [0.1, 0.15) is 0 Å². The first kappa shape index (κ1) is 17.4. The van der Waals surface area contributed by atoms with Gasteiger partial charge in [-0.25, -0.2) is 0 Å². The Morgan fingerprint density at radius 1 is 1.26 bits per heavy atom. The van der Waals surface area contributed by atoms with Crippen molar-refractivity contribution >= 4 is 5.97 Å². The van der Waals surface area contributed by atoms with Crippen LogP contribution in [0.25, 0.3) is 0 Å². The molecule has 19 heavy (non-hydrogen) atoms. The average molecular weight is 458 g/mol. The summed E-state index contributed by atoms with van der Waals surface area (Å²) in [4.78, 5) is 9.00. The van der Waals surface area contributed by atoms with Crippen molar-refractivity contribution in [2.75, 3.05) is 0 Å². The van der Waals surface area contributed by atoms with E-state index in [1.165, 1.54) is 29.6 Å². The summed E-state index contributed by atoms with van der Waals surface area (Å²) >= 11 is 0.864. The van der Waals surface area contributed by atoms with E-state index >= 15 is 0 Å². The summed E-state index contributed by atoms with van der Waals surface area (Å²) in [6.45, 7) is 3.31. The zero-order valence-corrected chi connectivity index (χ0v) is 17.7. The van der Waals surface area contributed by atoms with Crippen LogP contribution in [-0.4, -0.2) is 29.1 Å². The second kappa shape index (κ2) is 8.58. The van der Waals surface area contributed by atoms with Crippen LogP contribution in [0.4, 0.5) is 0 Å². The normalized spacial score (nSPS) is 34.5. The summed E-state index contributed by atoms with van der Waals surface area (Å²) in [5, 5.41) is 7.42. The van der Waals surface area contributed by atoms with Crippen molar-refractivity contribution in [3.63, 3.8) is 0 Å². The van der Waals surface area contributed by atoms with Crippen molar-refractivity contribution in [2.24, 2.45) is 0 Å². The van der Waals surface area contributed by atoms with E-state index < -0.39 is 5.97 Å². The van der Waals surface area contributed by atoms with E-state index in [0.717, 1.165) is 52.3 Å². The topological polar surface area (TPSA) is 55.8 Å². The van der Waals surface area contributed by atoms with Gasteiger partial charge in [0, 0.05) is 6.92 Å². The van der Waals surface area contributed by atoms with E-state index in [1.807, 2.05) is 0 Å². The fourth-order valence-corrected chi connectivity index (χ4v) is 4.38. The number of hydrogen-bond acceptors (Lipinski definition) is 3. The molecule has 5 heteroatoms. The summed E-state index contributed by atoms with van der Waals surface area (Å²) in [5.74, 6) is -0.999. The minimum atomic E-state index is -0.833. The Balaban J connectivity index is 0.000000399. The van der Waals surface area contributed by atoms with Gasteiger partial charge in [-0.05, 0) is 0 Å². The summed E-state index contributed by atoms with van der Waals surface area (Å²) < 4.78 is 13.7. The zero-order valence-electron chi connectivity index (χ0n) is 12.2. The molecule has 0 unspecified atom stereocenters. The molecule has 1 spiro atoms.